The van der Waals surface area contributed by atoms with Crippen molar-refractivity contribution < 1.29 is 0 Å². The van der Waals surface area contributed by atoms with Gasteiger partial charge in [0.15, 0.2) is 0 Å². The van der Waals surface area contributed by atoms with Crippen LogP contribution in [-0.2, 0) is 0 Å². The van der Waals surface area contributed by atoms with E-state index in [4.69, 9.17) is 12.2 Å². The third-order valence-electron chi connectivity index (χ3n) is 4.13. The molecule has 1 nitrogen and oxygen atoms in total. The molecule has 2 aliphatic heterocycles. The van der Waals surface area contributed by atoms with Crippen molar-refractivity contribution in [1.82, 2.24) is 4.90 Å². The van der Waals surface area contributed by atoms with Crippen molar-refractivity contribution in [3.05, 3.63) is 0 Å². The molecule has 2 atom stereocenters. The number of nitrogens with zero attached hydrogens (tertiary/aromatic N) is 1. The third-order valence-corrected chi connectivity index (χ3v) is 4.55. The van der Waals surface area contributed by atoms with Crippen LogP contribution in [-0.4, -0.2) is 22.0 Å². The molecule has 3 fully saturated rings. The van der Waals surface area contributed by atoms with Crippen molar-refractivity contribution in [3.63, 3.8) is 0 Å². The Balaban J connectivity index is 1.98. The lowest BCUT2D eigenvalue weighted by atomic mass is 9.88. The van der Waals surface area contributed by atoms with Crippen LogP contribution in [0.4, 0.5) is 0 Å². The molecule has 2 heterocycles. The van der Waals surface area contributed by atoms with E-state index in [1.54, 1.807) is 0 Å². The summed E-state index contributed by atoms with van der Waals surface area (Å²) in [4.78, 5) is 3.82. The topological polar surface area (TPSA) is 3.24 Å². The molecule has 3 aliphatic rings. The van der Waals surface area contributed by atoms with Crippen LogP contribution in [0.25, 0.3) is 0 Å². The van der Waals surface area contributed by atoms with Crippen LogP contribution in [0.5, 0.6) is 0 Å². The highest BCUT2D eigenvalue weighted by atomic mass is 32.1. The van der Waals surface area contributed by atoms with Crippen LogP contribution in [0.3, 0.4) is 0 Å². The lowest BCUT2D eigenvalue weighted by Crippen LogP contribution is -2.46. The average molecular weight is 181 g/mol. The van der Waals surface area contributed by atoms with E-state index < -0.39 is 0 Å². The van der Waals surface area contributed by atoms with E-state index in [0.29, 0.717) is 5.54 Å². The predicted molar refractivity (Wildman–Crippen MR) is 53.2 cm³/mol. The van der Waals surface area contributed by atoms with Crippen LogP contribution in [0.15, 0.2) is 0 Å². The zero-order chi connectivity index (χ0) is 8.18. The van der Waals surface area contributed by atoms with Crippen LogP contribution < -0.4 is 0 Å². The van der Waals surface area contributed by atoms with Crippen molar-refractivity contribution in [2.75, 3.05) is 6.54 Å². The standard InChI is InChI=1S/C10H15NS/c12-9-2-5-10-4-1-8(7-10)3-6-11(9)10/h8H,1-7H2/t8-,10+/m1/s1. The minimum atomic E-state index is 0.569. The fraction of sp³-hybridized carbons (Fsp3) is 0.900. The van der Waals surface area contributed by atoms with E-state index in [1.807, 2.05) is 0 Å². The van der Waals surface area contributed by atoms with Gasteiger partial charge < -0.3 is 4.90 Å². The van der Waals surface area contributed by atoms with Gasteiger partial charge in [-0.15, -0.1) is 0 Å². The number of hydrogen-bond acceptors (Lipinski definition) is 1. The zero-order valence-electron chi connectivity index (χ0n) is 7.38. The van der Waals surface area contributed by atoms with Gasteiger partial charge in [0.05, 0.1) is 4.99 Å². The number of fused-ring (bicyclic) bond motifs is 1. The Bertz CT molecular complexity index is 238. The largest absolute Gasteiger partial charge is 0.360 e. The van der Waals surface area contributed by atoms with E-state index in [-0.39, 0.29) is 0 Å². The van der Waals surface area contributed by atoms with Crippen molar-refractivity contribution >= 4 is 17.2 Å². The van der Waals surface area contributed by atoms with Crippen LogP contribution in [0.2, 0.25) is 0 Å². The van der Waals surface area contributed by atoms with Crippen LogP contribution in [0.1, 0.15) is 38.5 Å². The molecule has 2 heteroatoms. The number of piperidine rings is 1. The normalized spacial score (nSPS) is 45.2. The molecule has 3 rings (SSSR count). The van der Waals surface area contributed by atoms with Gasteiger partial charge in [-0.3, -0.25) is 0 Å². The highest BCUT2D eigenvalue weighted by Gasteiger charge is 2.50. The Morgan fingerprint density at radius 2 is 2.25 bits per heavy atom. The summed E-state index contributed by atoms with van der Waals surface area (Å²) in [7, 11) is 0. The van der Waals surface area contributed by atoms with Crippen molar-refractivity contribution in [2.45, 2.75) is 44.1 Å². The van der Waals surface area contributed by atoms with E-state index in [9.17, 15) is 0 Å². The molecular weight excluding hydrogens is 166 g/mol. The fourth-order valence-electron chi connectivity index (χ4n) is 3.48. The first-order valence-corrected chi connectivity index (χ1v) is 5.51. The van der Waals surface area contributed by atoms with E-state index >= 15 is 0 Å². The minimum Gasteiger partial charge on any atom is -0.360 e. The Kier molecular flexibility index (Phi) is 1.35. The molecule has 0 unspecified atom stereocenters. The summed E-state index contributed by atoms with van der Waals surface area (Å²) in [6, 6.07) is 0. The summed E-state index contributed by atoms with van der Waals surface area (Å²) in [5.41, 5.74) is 0.569. The molecule has 1 aliphatic carbocycles. The van der Waals surface area contributed by atoms with Gasteiger partial charge >= 0.3 is 0 Å². The van der Waals surface area contributed by atoms with E-state index in [1.165, 1.54) is 50.1 Å². The molecule has 0 radical (unpaired) electrons. The van der Waals surface area contributed by atoms with Crippen molar-refractivity contribution in [3.8, 4) is 0 Å². The van der Waals surface area contributed by atoms with Gasteiger partial charge in [0.2, 0.25) is 0 Å². The highest BCUT2D eigenvalue weighted by molar-refractivity contribution is 7.80. The van der Waals surface area contributed by atoms with Gasteiger partial charge in [-0.05, 0) is 38.0 Å². The second kappa shape index (κ2) is 2.22. The quantitative estimate of drug-likeness (QED) is 0.528. The van der Waals surface area contributed by atoms with Crippen molar-refractivity contribution in [2.24, 2.45) is 5.92 Å². The smallest absolute Gasteiger partial charge is 0.0784 e. The summed E-state index contributed by atoms with van der Waals surface area (Å²) in [6.07, 6.45) is 8.32. The third kappa shape index (κ3) is 0.769. The maximum Gasteiger partial charge on any atom is 0.0784 e. The highest BCUT2D eigenvalue weighted by Crippen LogP contribution is 2.50. The number of rotatable bonds is 0. The van der Waals surface area contributed by atoms with Gasteiger partial charge in [0, 0.05) is 18.5 Å². The Hall–Kier alpha value is -0.110. The average Bonchev–Trinajstić information content (AvgIpc) is 2.57. The lowest BCUT2D eigenvalue weighted by Gasteiger charge is -2.40. The predicted octanol–water partition coefficient (Wildman–Crippen LogP) is 2.35. The summed E-state index contributed by atoms with van der Waals surface area (Å²) < 4.78 is 0. The summed E-state index contributed by atoms with van der Waals surface area (Å²) >= 11 is 5.40. The Morgan fingerprint density at radius 1 is 1.33 bits per heavy atom. The first-order valence-electron chi connectivity index (χ1n) is 5.11. The molecule has 0 aromatic rings. The first kappa shape index (κ1) is 7.31. The van der Waals surface area contributed by atoms with E-state index in [2.05, 4.69) is 4.90 Å². The van der Waals surface area contributed by atoms with Gasteiger partial charge in [-0.25, -0.2) is 0 Å². The Morgan fingerprint density at radius 3 is 3.17 bits per heavy atom. The molecule has 1 saturated carbocycles. The maximum atomic E-state index is 5.40. The van der Waals surface area contributed by atoms with E-state index in [0.717, 1.165) is 5.92 Å². The lowest BCUT2D eigenvalue weighted by molar-refractivity contribution is 0.155. The van der Waals surface area contributed by atoms with Crippen LogP contribution in [0, 0.1) is 5.92 Å². The number of hydrogen-bond donors (Lipinski definition) is 0. The zero-order valence-corrected chi connectivity index (χ0v) is 8.20. The molecule has 2 saturated heterocycles. The van der Waals surface area contributed by atoms with Crippen LogP contribution >= 0.6 is 12.2 Å². The molecule has 2 bridgehead atoms. The summed E-state index contributed by atoms with van der Waals surface area (Å²) in [5, 5.41) is 0. The molecule has 12 heavy (non-hydrogen) atoms. The molecule has 0 aromatic carbocycles. The molecule has 0 aromatic heterocycles. The monoisotopic (exact) mass is 181 g/mol. The summed E-state index contributed by atoms with van der Waals surface area (Å²) in [6.45, 7) is 1.27. The number of thiocarbonyl (C=S) groups is 1. The van der Waals surface area contributed by atoms with Gasteiger partial charge in [-0.1, -0.05) is 12.2 Å². The second-order valence-corrected chi connectivity index (χ2v) is 5.14. The minimum absolute atomic E-state index is 0.569. The fourth-order valence-corrected chi connectivity index (χ4v) is 3.87. The molecular formula is C10H15NS. The van der Waals surface area contributed by atoms with Gasteiger partial charge in [0.25, 0.3) is 0 Å². The SMILES string of the molecule is S=C1CC[C@]23CC[C@H](CCN12)C3. The first-order chi connectivity index (χ1) is 5.80. The Labute approximate surface area is 79.1 Å². The molecule has 0 N–H and O–H groups in total. The van der Waals surface area contributed by atoms with Crippen molar-refractivity contribution in [1.29, 1.82) is 0 Å². The molecule has 0 amide bonds. The molecule has 1 spiro atoms. The van der Waals surface area contributed by atoms with Gasteiger partial charge in [-0.2, -0.15) is 0 Å². The maximum absolute atomic E-state index is 5.40. The second-order valence-electron chi connectivity index (χ2n) is 4.67. The summed E-state index contributed by atoms with van der Waals surface area (Å²) in [5.74, 6) is 1.04. The molecule has 66 valence electrons. The van der Waals surface area contributed by atoms with Gasteiger partial charge in [0.1, 0.15) is 0 Å².